The molecule has 2 saturated heterocycles. The Labute approximate surface area is 98.7 Å². The standard InChI is InChI=1S/C12H25N3O/c1-15-6-3-11(9-15)2-4-13-8-12-10-16-7-5-14-12/h11-14H,2-10H2,1H3. The molecule has 0 aromatic rings. The molecule has 4 nitrogen and oxygen atoms in total. The minimum Gasteiger partial charge on any atom is -0.378 e. The van der Waals surface area contributed by atoms with Crippen LogP contribution in [0.5, 0.6) is 0 Å². The lowest BCUT2D eigenvalue weighted by molar-refractivity contribution is 0.0767. The van der Waals surface area contributed by atoms with Crippen molar-refractivity contribution in [3.05, 3.63) is 0 Å². The second-order valence-electron chi connectivity index (χ2n) is 5.14. The van der Waals surface area contributed by atoms with Crippen LogP contribution in [0.25, 0.3) is 0 Å². The quantitative estimate of drug-likeness (QED) is 0.644. The monoisotopic (exact) mass is 227 g/mol. The number of ether oxygens (including phenoxy) is 1. The molecule has 2 aliphatic heterocycles. The lowest BCUT2D eigenvalue weighted by Crippen LogP contribution is -2.47. The summed E-state index contributed by atoms with van der Waals surface area (Å²) in [4.78, 5) is 2.43. The zero-order valence-corrected chi connectivity index (χ0v) is 10.4. The molecule has 2 unspecified atom stereocenters. The Morgan fingerprint density at radius 1 is 1.50 bits per heavy atom. The second kappa shape index (κ2) is 6.55. The molecule has 4 heteroatoms. The molecule has 0 bridgehead atoms. The maximum Gasteiger partial charge on any atom is 0.0632 e. The van der Waals surface area contributed by atoms with Gasteiger partial charge in [-0.25, -0.2) is 0 Å². The van der Waals surface area contributed by atoms with Gasteiger partial charge in [-0.1, -0.05) is 0 Å². The highest BCUT2D eigenvalue weighted by Gasteiger charge is 2.19. The van der Waals surface area contributed by atoms with Crippen molar-refractivity contribution in [3.63, 3.8) is 0 Å². The van der Waals surface area contributed by atoms with Crippen LogP contribution in [0.15, 0.2) is 0 Å². The first-order valence-electron chi connectivity index (χ1n) is 6.55. The highest BCUT2D eigenvalue weighted by atomic mass is 16.5. The van der Waals surface area contributed by atoms with Gasteiger partial charge in [0.1, 0.15) is 0 Å². The van der Waals surface area contributed by atoms with Gasteiger partial charge in [0.25, 0.3) is 0 Å². The molecule has 0 aromatic carbocycles. The SMILES string of the molecule is CN1CCC(CCNCC2COCCN2)C1. The summed E-state index contributed by atoms with van der Waals surface area (Å²) in [7, 11) is 2.22. The van der Waals surface area contributed by atoms with E-state index in [1.807, 2.05) is 0 Å². The largest absolute Gasteiger partial charge is 0.378 e. The zero-order chi connectivity index (χ0) is 11.2. The molecule has 2 rings (SSSR count). The molecule has 0 aliphatic carbocycles. The zero-order valence-electron chi connectivity index (χ0n) is 10.4. The Hall–Kier alpha value is -0.160. The van der Waals surface area contributed by atoms with Gasteiger partial charge in [-0.3, -0.25) is 0 Å². The first-order chi connectivity index (χ1) is 7.84. The molecule has 0 amide bonds. The topological polar surface area (TPSA) is 36.5 Å². The molecule has 0 aromatic heterocycles. The number of nitrogens with one attached hydrogen (secondary N) is 2. The molecular formula is C12H25N3O. The third kappa shape index (κ3) is 4.01. The lowest BCUT2D eigenvalue weighted by atomic mass is 10.1. The van der Waals surface area contributed by atoms with E-state index in [0.29, 0.717) is 6.04 Å². The minimum atomic E-state index is 0.514. The fraction of sp³-hybridized carbons (Fsp3) is 1.00. The molecule has 0 radical (unpaired) electrons. The maximum absolute atomic E-state index is 5.42. The van der Waals surface area contributed by atoms with E-state index in [1.54, 1.807) is 0 Å². The summed E-state index contributed by atoms with van der Waals surface area (Å²) in [6, 6.07) is 0.514. The van der Waals surface area contributed by atoms with Crippen LogP contribution in [0.3, 0.4) is 0 Å². The van der Waals surface area contributed by atoms with Crippen LogP contribution in [-0.2, 0) is 4.74 Å². The fourth-order valence-corrected chi connectivity index (χ4v) is 2.60. The number of morpholine rings is 1. The summed E-state index contributed by atoms with van der Waals surface area (Å²) in [6.45, 7) is 7.48. The molecule has 2 aliphatic rings. The summed E-state index contributed by atoms with van der Waals surface area (Å²) in [6.07, 6.45) is 2.70. The van der Waals surface area contributed by atoms with E-state index in [4.69, 9.17) is 4.74 Å². The van der Waals surface area contributed by atoms with Crippen molar-refractivity contribution in [2.45, 2.75) is 18.9 Å². The molecule has 2 atom stereocenters. The third-order valence-electron chi connectivity index (χ3n) is 3.61. The number of rotatable bonds is 5. The lowest BCUT2D eigenvalue weighted by Gasteiger charge is -2.24. The molecule has 16 heavy (non-hydrogen) atoms. The number of likely N-dealkylation sites (tertiary alicyclic amines) is 1. The first-order valence-corrected chi connectivity index (χ1v) is 6.55. The van der Waals surface area contributed by atoms with Crippen molar-refractivity contribution >= 4 is 0 Å². The summed E-state index contributed by atoms with van der Waals surface area (Å²) in [5.41, 5.74) is 0. The van der Waals surface area contributed by atoms with E-state index >= 15 is 0 Å². The summed E-state index contributed by atoms with van der Waals surface area (Å²) >= 11 is 0. The van der Waals surface area contributed by atoms with Crippen LogP contribution in [0.1, 0.15) is 12.8 Å². The number of hydrogen-bond acceptors (Lipinski definition) is 4. The van der Waals surface area contributed by atoms with Gasteiger partial charge in [0.15, 0.2) is 0 Å². The van der Waals surface area contributed by atoms with E-state index in [0.717, 1.165) is 38.8 Å². The predicted molar refractivity (Wildman–Crippen MR) is 65.7 cm³/mol. The van der Waals surface area contributed by atoms with E-state index in [1.165, 1.54) is 25.9 Å². The fourth-order valence-electron chi connectivity index (χ4n) is 2.60. The van der Waals surface area contributed by atoms with Gasteiger partial charge in [-0.05, 0) is 38.9 Å². The van der Waals surface area contributed by atoms with Crippen LogP contribution >= 0.6 is 0 Å². The van der Waals surface area contributed by atoms with Gasteiger partial charge in [-0.2, -0.15) is 0 Å². The van der Waals surface area contributed by atoms with Crippen LogP contribution in [0.2, 0.25) is 0 Å². The normalized spacial score (nSPS) is 32.1. The predicted octanol–water partition coefficient (Wildman–Crippen LogP) is -0.0938. The van der Waals surface area contributed by atoms with Crippen LogP contribution in [0.4, 0.5) is 0 Å². The molecule has 0 saturated carbocycles. The Morgan fingerprint density at radius 3 is 3.12 bits per heavy atom. The molecule has 2 N–H and O–H groups in total. The van der Waals surface area contributed by atoms with Gasteiger partial charge >= 0.3 is 0 Å². The molecule has 94 valence electrons. The smallest absolute Gasteiger partial charge is 0.0632 e. The van der Waals surface area contributed by atoms with Crippen molar-refractivity contribution in [3.8, 4) is 0 Å². The van der Waals surface area contributed by atoms with Crippen LogP contribution in [-0.4, -0.2) is 63.9 Å². The van der Waals surface area contributed by atoms with Crippen LogP contribution < -0.4 is 10.6 Å². The van der Waals surface area contributed by atoms with Gasteiger partial charge in [0, 0.05) is 25.7 Å². The second-order valence-corrected chi connectivity index (χ2v) is 5.14. The molecular weight excluding hydrogens is 202 g/mol. The van der Waals surface area contributed by atoms with Gasteiger partial charge in [0.05, 0.1) is 13.2 Å². The van der Waals surface area contributed by atoms with Crippen molar-refractivity contribution < 1.29 is 4.74 Å². The minimum absolute atomic E-state index is 0.514. The summed E-state index contributed by atoms with van der Waals surface area (Å²) < 4.78 is 5.42. The van der Waals surface area contributed by atoms with Crippen molar-refractivity contribution in [1.82, 2.24) is 15.5 Å². The Bertz CT molecular complexity index is 188. The van der Waals surface area contributed by atoms with Crippen molar-refractivity contribution in [2.24, 2.45) is 5.92 Å². The van der Waals surface area contributed by atoms with E-state index in [-0.39, 0.29) is 0 Å². The highest BCUT2D eigenvalue weighted by molar-refractivity contribution is 4.75. The Balaban J connectivity index is 1.48. The number of hydrogen-bond donors (Lipinski definition) is 2. The van der Waals surface area contributed by atoms with Gasteiger partial charge in [-0.15, -0.1) is 0 Å². The Kier molecular flexibility index (Phi) is 5.03. The van der Waals surface area contributed by atoms with Crippen molar-refractivity contribution in [2.75, 3.05) is 53.0 Å². The molecule has 0 spiro atoms. The van der Waals surface area contributed by atoms with Crippen molar-refractivity contribution in [1.29, 1.82) is 0 Å². The van der Waals surface area contributed by atoms with E-state index in [9.17, 15) is 0 Å². The van der Waals surface area contributed by atoms with E-state index in [2.05, 4.69) is 22.6 Å². The average Bonchev–Trinajstić information content (AvgIpc) is 2.72. The van der Waals surface area contributed by atoms with Gasteiger partial charge < -0.3 is 20.3 Å². The number of nitrogens with zero attached hydrogens (tertiary/aromatic N) is 1. The molecule has 2 heterocycles. The highest BCUT2D eigenvalue weighted by Crippen LogP contribution is 2.16. The third-order valence-corrected chi connectivity index (χ3v) is 3.61. The summed E-state index contributed by atoms with van der Waals surface area (Å²) in [5.74, 6) is 0.910. The average molecular weight is 227 g/mol. The van der Waals surface area contributed by atoms with Crippen LogP contribution in [0, 0.1) is 5.92 Å². The van der Waals surface area contributed by atoms with Gasteiger partial charge in [0.2, 0.25) is 0 Å². The first kappa shape index (κ1) is 12.3. The van der Waals surface area contributed by atoms with E-state index < -0.39 is 0 Å². The summed E-state index contributed by atoms with van der Waals surface area (Å²) in [5, 5.41) is 6.99. The molecule has 2 fully saturated rings. The Morgan fingerprint density at radius 2 is 2.44 bits per heavy atom. The maximum atomic E-state index is 5.42.